The van der Waals surface area contributed by atoms with E-state index in [1.165, 1.54) is 6.92 Å². The maximum Gasteiger partial charge on any atom is 0.270 e. The average molecular weight is 290 g/mol. The molecule has 7 nitrogen and oxygen atoms in total. The van der Waals surface area contributed by atoms with Gasteiger partial charge in [-0.15, -0.1) is 0 Å². The van der Waals surface area contributed by atoms with Crippen LogP contribution in [0.15, 0.2) is 23.1 Å². The highest BCUT2D eigenvalue weighted by Crippen LogP contribution is 2.26. The van der Waals surface area contributed by atoms with E-state index in [1.54, 1.807) is 6.07 Å². The number of halogens is 1. The highest BCUT2D eigenvalue weighted by atomic mass is 35.5. The van der Waals surface area contributed by atoms with Crippen LogP contribution in [-0.4, -0.2) is 19.4 Å². The summed E-state index contributed by atoms with van der Waals surface area (Å²) >= 11 is 5.69. The summed E-state index contributed by atoms with van der Waals surface area (Å²) in [5.41, 5.74) is -0.399. The lowest BCUT2D eigenvalue weighted by Crippen LogP contribution is -2.31. The zero-order valence-corrected chi connectivity index (χ0v) is 10.7. The summed E-state index contributed by atoms with van der Waals surface area (Å²) in [5.74, 6) is 0. The Bertz CT molecular complexity index is 623. The van der Waals surface area contributed by atoms with Crippen LogP contribution in [0.2, 0.25) is 5.02 Å². The van der Waals surface area contributed by atoms with Crippen LogP contribution in [0.4, 0.5) is 5.69 Å². The predicted octanol–water partition coefficient (Wildman–Crippen LogP) is 1.44. The largest absolute Gasteiger partial charge is 0.270 e. The van der Waals surface area contributed by atoms with Crippen molar-refractivity contribution in [1.29, 1.82) is 5.26 Å². The van der Waals surface area contributed by atoms with Crippen molar-refractivity contribution in [1.82, 2.24) is 4.72 Å². The molecule has 0 aliphatic heterocycles. The van der Waals surface area contributed by atoms with Crippen LogP contribution < -0.4 is 4.72 Å². The van der Waals surface area contributed by atoms with E-state index in [-0.39, 0.29) is 5.02 Å². The SMILES string of the molecule is CC(C#N)NS(=O)(=O)c1cc([N+](=O)[O-])ccc1Cl. The van der Waals surface area contributed by atoms with Crippen LogP contribution in [0.5, 0.6) is 0 Å². The van der Waals surface area contributed by atoms with Crippen LogP contribution in [-0.2, 0) is 10.0 Å². The summed E-state index contributed by atoms with van der Waals surface area (Å²) in [5, 5.41) is 18.9. The van der Waals surface area contributed by atoms with Crippen LogP contribution in [0, 0.1) is 21.4 Å². The Kier molecular flexibility index (Phi) is 4.24. The Labute approximate surface area is 108 Å². The standard InChI is InChI=1S/C9H8ClN3O4S/c1-6(5-11)12-18(16,17)9-4-7(13(14)15)2-3-8(9)10/h2-4,6,12H,1H3. The van der Waals surface area contributed by atoms with Gasteiger partial charge in [0, 0.05) is 12.1 Å². The molecular formula is C9H8ClN3O4S. The zero-order valence-electron chi connectivity index (χ0n) is 9.12. The fourth-order valence-corrected chi connectivity index (χ4v) is 2.80. The lowest BCUT2D eigenvalue weighted by atomic mass is 10.3. The minimum Gasteiger partial charge on any atom is -0.258 e. The number of nitro benzene ring substituents is 1. The Morgan fingerprint density at radius 3 is 2.67 bits per heavy atom. The van der Waals surface area contributed by atoms with Gasteiger partial charge in [0.15, 0.2) is 0 Å². The van der Waals surface area contributed by atoms with Crippen LogP contribution in [0.25, 0.3) is 0 Å². The van der Waals surface area contributed by atoms with E-state index in [4.69, 9.17) is 16.9 Å². The van der Waals surface area contributed by atoms with Gasteiger partial charge in [0.1, 0.15) is 10.9 Å². The molecule has 1 unspecified atom stereocenters. The van der Waals surface area contributed by atoms with Crippen LogP contribution >= 0.6 is 11.6 Å². The van der Waals surface area contributed by atoms with Crippen molar-refractivity contribution < 1.29 is 13.3 Å². The third-order valence-electron chi connectivity index (χ3n) is 1.94. The van der Waals surface area contributed by atoms with Gasteiger partial charge in [0.05, 0.1) is 16.0 Å². The molecule has 0 aliphatic carbocycles. The molecule has 0 heterocycles. The van der Waals surface area contributed by atoms with Gasteiger partial charge >= 0.3 is 0 Å². The van der Waals surface area contributed by atoms with Crippen LogP contribution in [0.1, 0.15) is 6.92 Å². The monoisotopic (exact) mass is 289 g/mol. The summed E-state index contributed by atoms with van der Waals surface area (Å²) in [4.78, 5) is 9.40. The first-order valence-electron chi connectivity index (χ1n) is 4.64. The molecule has 0 aromatic heterocycles. The third kappa shape index (κ3) is 3.16. The van der Waals surface area contributed by atoms with E-state index < -0.39 is 31.6 Å². The Hall–Kier alpha value is -1.69. The molecule has 9 heteroatoms. The quantitative estimate of drug-likeness (QED) is 0.665. The van der Waals surface area contributed by atoms with E-state index in [0.29, 0.717) is 0 Å². The number of benzene rings is 1. The van der Waals surface area contributed by atoms with Crippen molar-refractivity contribution in [3.8, 4) is 6.07 Å². The number of nitrogens with zero attached hydrogens (tertiary/aromatic N) is 2. The molecule has 1 atom stereocenters. The van der Waals surface area contributed by atoms with Crippen molar-refractivity contribution in [3.63, 3.8) is 0 Å². The molecule has 0 saturated carbocycles. The molecule has 96 valence electrons. The van der Waals surface area contributed by atoms with Gasteiger partial charge in [-0.25, -0.2) is 8.42 Å². The fourth-order valence-electron chi connectivity index (χ4n) is 1.13. The first-order valence-corrected chi connectivity index (χ1v) is 6.50. The molecule has 0 aliphatic rings. The van der Waals surface area contributed by atoms with E-state index in [0.717, 1.165) is 18.2 Å². The zero-order chi connectivity index (χ0) is 13.9. The topological polar surface area (TPSA) is 113 Å². The van der Waals surface area contributed by atoms with Gasteiger partial charge in [-0.1, -0.05) is 11.6 Å². The van der Waals surface area contributed by atoms with Crippen molar-refractivity contribution in [2.75, 3.05) is 0 Å². The van der Waals surface area contributed by atoms with Crippen molar-refractivity contribution in [2.45, 2.75) is 17.9 Å². The summed E-state index contributed by atoms with van der Waals surface area (Å²) in [6, 6.07) is 3.76. The van der Waals surface area contributed by atoms with Gasteiger partial charge in [0.2, 0.25) is 10.0 Å². The van der Waals surface area contributed by atoms with Gasteiger partial charge in [-0.05, 0) is 13.0 Å². The second kappa shape index (κ2) is 5.30. The third-order valence-corrected chi connectivity index (χ3v) is 3.96. The Morgan fingerprint density at radius 1 is 1.56 bits per heavy atom. The summed E-state index contributed by atoms with van der Waals surface area (Å²) in [7, 11) is -4.07. The molecule has 0 spiro atoms. The minimum absolute atomic E-state index is 0.154. The van der Waals surface area contributed by atoms with Crippen molar-refractivity contribution >= 4 is 27.3 Å². The van der Waals surface area contributed by atoms with Crippen LogP contribution in [0.3, 0.4) is 0 Å². The maximum atomic E-state index is 11.8. The summed E-state index contributed by atoms with van der Waals surface area (Å²) < 4.78 is 25.7. The van der Waals surface area contributed by atoms with E-state index in [2.05, 4.69) is 0 Å². The number of nitriles is 1. The average Bonchev–Trinajstić information content (AvgIpc) is 2.28. The number of hydrogen-bond acceptors (Lipinski definition) is 5. The first-order chi connectivity index (χ1) is 8.27. The summed E-state index contributed by atoms with van der Waals surface area (Å²) in [6.07, 6.45) is 0. The van der Waals surface area contributed by atoms with Gasteiger partial charge in [0.25, 0.3) is 5.69 Å². The molecule has 0 amide bonds. The van der Waals surface area contributed by atoms with E-state index >= 15 is 0 Å². The smallest absolute Gasteiger partial charge is 0.258 e. The maximum absolute atomic E-state index is 11.8. The lowest BCUT2D eigenvalue weighted by Gasteiger charge is -2.09. The molecule has 1 aromatic carbocycles. The molecule has 1 rings (SSSR count). The van der Waals surface area contributed by atoms with Crippen molar-refractivity contribution in [3.05, 3.63) is 33.3 Å². The van der Waals surface area contributed by atoms with E-state index in [9.17, 15) is 18.5 Å². The number of nitro groups is 1. The number of rotatable bonds is 4. The normalized spacial score (nSPS) is 12.7. The Morgan fingerprint density at radius 2 is 2.17 bits per heavy atom. The van der Waals surface area contributed by atoms with Crippen molar-refractivity contribution in [2.24, 2.45) is 0 Å². The second-order valence-corrected chi connectivity index (χ2v) is 5.43. The number of non-ortho nitro benzene ring substituents is 1. The molecule has 0 fully saturated rings. The summed E-state index contributed by atoms with van der Waals surface area (Å²) in [6.45, 7) is 1.34. The Balaban J connectivity index is 3.28. The van der Waals surface area contributed by atoms with E-state index in [1.807, 2.05) is 4.72 Å². The highest BCUT2D eigenvalue weighted by molar-refractivity contribution is 7.89. The molecule has 1 aromatic rings. The van der Waals surface area contributed by atoms with Gasteiger partial charge < -0.3 is 0 Å². The molecule has 0 saturated heterocycles. The van der Waals surface area contributed by atoms with Gasteiger partial charge in [-0.2, -0.15) is 9.98 Å². The predicted molar refractivity (Wildman–Crippen MR) is 63.5 cm³/mol. The molecule has 1 N–H and O–H groups in total. The lowest BCUT2D eigenvalue weighted by molar-refractivity contribution is -0.385. The molecule has 0 bridgehead atoms. The molecule has 18 heavy (non-hydrogen) atoms. The van der Waals surface area contributed by atoms with Gasteiger partial charge in [-0.3, -0.25) is 10.1 Å². The number of sulfonamides is 1. The molecular weight excluding hydrogens is 282 g/mol. The number of nitrogens with one attached hydrogen (secondary N) is 1. The first kappa shape index (κ1) is 14.4. The second-order valence-electron chi connectivity index (χ2n) is 3.34. The highest BCUT2D eigenvalue weighted by Gasteiger charge is 2.23. The minimum atomic E-state index is -4.07. The molecule has 0 radical (unpaired) electrons. The number of hydrogen-bond donors (Lipinski definition) is 1. The fraction of sp³-hybridized carbons (Fsp3) is 0.222.